The van der Waals surface area contributed by atoms with E-state index >= 15 is 0 Å². The minimum absolute atomic E-state index is 0.0598. The van der Waals surface area contributed by atoms with Crippen LogP contribution in [0.15, 0.2) is 42.5 Å². The fourth-order valence-corrected chi connectivity index (χ4v) is 2.26. The predicted octanol–water partition coefficient (Wildman–Crippen LogP) is 3.18. The number of carbonyl (C=O) groups excluding carboxylic acids is 2. The number of ketones is 2. The Balaban J connectivity index is 2.42. The van der Waals surface area contributed by atoms with E-state index in [1.807, 2.05) is 42.5 Å². The third kappa shape index (κ3) is 2.48. The molecule has 0 aliphatic heterocycles. The van der Waals surface area contributed by atoms with E-state index in [1.165, 1.54) is 13.8 Å². The van der Waals surface area contributed by atoms with Crippen LogP contribution in [-0.2, 0) is 16.0 Å². The molecular formula is C16H16O2. The average molecular weight is 240 g/mol. The zero-order valence-electron chi connectivity index (χ0n) is 10.6. The largest absolute Gasteiger partial charge is 0.299 e. The van der Waals surface area contributed by atoms with Crippen molar-refractivity contribution in [3.05, 3.63) is 48.0 Å². The lowest BCUT2D eigenvalue weighted by Gasteiger charge is -2.12. The van der Waals surface area contributed by atoms with Crippen LogP contribution in [0.1, 0.15) is 19.4 Å². The second-order valence-corrected chi connectivity index (χ2v) is 4.62. The molecule has 2 rings (SSSR count). The number of carbonyl (C=O) groups is 2. The molecule has 2 aromatic rings. The summed E-state index contributed by atoms with van der Waals surface area (Å²) >= 11 is 0. The third-order valence-corrected chi connectivity index (χ3v) is 3.29. The molecule has 18 heavy (non-hydrogen) atoms. The van der Waals surface area contributed by atoms with E-state index in [4.69, 9.17) is 0 Å². The van der Waals surface area contributed by atoms with E-state index in [-0.39, 0.29) is 11.6 Å². The molecule has 0 aliphatic carbocycles. The van der Waals surface area contributed by atoms with Crippen LogP contribution in [0.4, 0.5) is 0 Å². The molecule has 92 valence electrons. The topological polar surface area (TPSA) is 34.1 Å². The lowest BCUT2D eigenvalue weighted by molar-refractivity contribution is -0.130. The van der Waals surface area contributed by atoms with E-state index in [0.717, 1.165) is 16.3 Å². The molecule has 0 aromatic heterocycles. The molecule has 0 radical (unpaired) electrons. The van der Waals surface area contributed by atoms with Crippen molar-refractivity contribution in [1.29, 1.82) is 0 Å². The molecular weight excluding hydrogens is 224 g/mol. The van der Waals surface area contributed by atoms with Gasteiger partial charge in [0.05, 0.1) is 5.92 Å². The highest BCUT2D eigenvalue weighted by atomic mass is 16.1. The molecule has 2 aromatic carbocycles. The summed E-state index contributed by atoms with van der Waals surface area (Å²) in [7, 11) is 0. The van der Waals surface area contributed by atoms with E-state index in [0.29, 0.717) is 6.42 Å². The van der Waals surface area contributed by atoms with Gasteiger partial charge in [0, 0.05) is 0 Å². The molecule has 0 atom stereocenters. The van der Waals surface area contributed by atoms with Crippen LogP contribution in [0.5, 0.6) is 0 Å². The lowest BCUT2D eigenvalue weighted by atomic mass is 9.90. The molecule has 0 saturated carbocycles. The first-order valence-electron chi connectivity index (χ1n) is 6.07. The molecule has 0 fully saturated rings. The van der Waals surface area contributed by atoms with Crippen LogP contribution in [0.25, 0.3) is 10.8 Å². The predicted molar refractivity (Wildman–Crippen MR) is 72.5 cm³/mol. The maximum atomic E-state index is 11.5. The van der Waals surface area contributed by atoms with Crippen LogP contribution in [0.2, 0.25) is 0 Å². The summed E-state index contributed by atoms with van der Waals surface area (Å²) in [4.78, 5) is 23.0. The summed E-state index contributed by atoms with van der Waals surface area (Å²) in [6, 6.07) is 14.0. The van der Waals surface area contributed by atoms with Gasteiger partial charge >= 0.3 is 0 Å². The van der Waals surface area contributed by atoms with Gasteiger partial charge in [-0.05, 0) is 36.6 Å². The van der Waals surface area contributed by atoms with Gasteiger partial charge in [-0.1, -0.05) is 42.5 Å². The average Bonchev–Trinajstić information content (AvgIpc) is 2.35. The molecule has 0 N–H and O–H groups in total. The van der Waals surface area contributed by atoms with Gasteiger partial charge in [-0.25, -0.2) is 0 Å². The standard InChI is InChI=1S/C16H16O2/c1-11(17)16(12(2)18)10-14-8-5-7-13-6-3-4-9-15(13)14/h3-9,16H,10H2,1-2H3. The van der Waals surface area contributed by atoms with E-state index in [9.17, 15) is 9.59 Å². The van der Waals surface area contributed by atoms with E-state index in [1.54, 1.807) is 0 Å². The van der Waals surface area contributed by atoms with Crippen LogP contribution in [0, 0.1) is 5.92 Å². The fourth-order valence-electron chi connectivity index (χ4n) is 2.26. The smallest absolute Gasteiger partial charge is 0.140 e. The summed E-state index contributed by atoms with van der Waals surface area (Å²) in [6.07, 6.45) is 0.492. The molecule has 0 saturated heterocycles. The Kier molecular flexibility index (Phi) is 3.56. The number of hydrogen-bond acceptors (Lipinski definition) is 2. The fraction of sp³-hybridized carbons (Fsp3) is 0.250. The zero-order valence-corrected chi connectivity index (χ0v) is 10.6. The van der Waals surface area contributed by atoms with Crippen LogP contribution in [0.3, 0.4) is 0 Å². The van der Waals surface area contributed by atoms with Gasteiger partial charge in [-0.15, -0.1) is 0 Å². The molecule has 0 spiro atoms. The highest BCUT2D eigenvalue weighted by Gasteiger charge is 2.20. The van der Waals surface area contributed by atoms with Gasteiger partial charge in [-0.3, -0.25) is 9.59 Å². The summed E-state index contributed by atoms with van der Waals surface area (Å²) in [5.41, 5.74) is 1.06. The van der Waals surface area contributed by atoms with Crippen LogP contribution < -0.4 is 0 Å². The summed E-state index contributed by atoms with van der Waals surface area (Å²) in [6.45, 7) is 2.97. The molecule has 2 nitrogen and oxygen atoms in total. The monoisotopic (exact) mass is 240 g/mol. The Morgan fingerprint density at radius 2 is 1.56 bits per heavy atom. The van der Waals surface area contributed by atoms with Gasteiger partial charge in [0.2, 0.25) is 0 Å². The molecule has 0 aliphatic rings. The summed E-state index contributed by atoms with van der Waals surface area (Å²) in [5.74, 6) is -0.637. The van der Waals surface area contributed by atoms with Crippen LogP contribution in [-0.4, -0.2) is 11.6 Å². The van der Waals surface area contributed by atoms with Crippen molar-refractivity contribution in [1.82, 2.24) is 0 Å². The number of hydrogen-bond donors (Lipinski definition) is 0. The first-order chi connectivity index (χ1) is 8.59. The quantitative estimate of drug-likeness (QED) is 0.769. The van der Waals surface area contributed by atoms with Crippen molar-refractivity contribution < 1.29 is 9.59 Å². The Morgan fingerprint density at radius 1 is 0.944 bits per heavy atom. The van der Waals surface area contributed by atoms with Gasteiger partial charge < -0.3 is 0 Å². The first kappa shape index (κ1) is 12.5. The van der Waals surface area contributed by atoms with Gasteiger partial charge in [0.1, 0.15) is 11.6 Å². The third-order valence-electron chi connectivity index (χ3n) is 3.29. The Morgan fingerprint density at radius 3 is 2.22 bits per heavy atom. The Labute approximate surface area is 107 Å². The van der Waals surface area contributed by atoms with E-state index < -0.39 is 5.92 Å². The van der Waals surface area contributed by atoms with Gasteiger partial charge in [0.25, 0.3) is 0 Å². The Bertz CT molecular complexity index is 580. The number of benzene rings is 2. The molecule has 0 heterocycles. The maximum absolute atomic E-state index is 11.5. The molecule has 0 unspecified atom stereocenters. The molecule has 0 bridgehead atoms. The highest BCUT2D eigenvalue weighted by Crippen LogP contribution is 2.21. The van der Waals surface area contributed by atoms with Gasteiger partial charge in [0.15, 0.2) is 0 Å². The van der Waals surface area contributed by atoms with Crippen molar-refractivity contribution in [3.8, 4) is 0 Å². The number of Topliss-reactive ketones (excluding diaryl/α,β-unsaturated/α-hetero) is 2. The normalized spacial score (nSPS) is 10.8. The maximum Gasteiger partial charge on any atom is 0.140 e. The van der Waals surface area contributed by atoms with Crippen molar-refractivity contribution >= 4 is 22.3 Å². The number of fused-ring (bicyclic) bond motifs is 1. The van der Waals surface area contributed by atoms with E-state index in [2.05, 4.69) is 0 Å². The molecule has 2 heteroatoms. The number of rotatable bonds is 4. The Hall–Kier alpha value is -1.96. The first-order valence-corrected chi connectivity index (χ1v) is 6.07. The minimum Gasteiger partial charge on any atom is -0.299 e. The van der Waals surface area contributed by atoms with Crippen molar-refractivity contribution in [2.45, 2.75) is 20.3 Å². The lowest BCUT2D eigenvalue weighted by Crippen LogP contribution is -2.21. The van der Waals surface area contributed by atoms with Crippen LogP contribution >= 0.6 is 0 Å². The zero-order chi connectivity index (χ0) is 13.1. The molecule has 0 amide bonds. The van der Waals surface area contributed by atoms with Crippen molar-refractivity contribution in [2.24, 2.45) is 5.92 Å². The SMILES string of the molecule is CC(=O)C(Cc1cccc2ccccc12)C(C)=O. The minimum atomic E-state index is -0.518. The highest BCUT2D eigenvalue weighted by molar-refractivity contribution is 6.01. The second kappa shape index (κ2) is 5.13. The van der Waals surface area contributed by atoms with Gasteiger partial charge in [-0.2, -0.15) is 0 Å². The summed E-state index contributed by atoms with van der Waals surface area (Å²) in [5, 5.41) is 2.26. The second-order valence-electron chi connectivity index (χ2n) is 4.62. The van der Waals surface area contributed by atoms with Crippen molar-refractivity contribution in [2.75, 3.05) is 0 Å². The van der Waals surface area contributed by atoms with Crippen molar-refractivity contribution in [3.63, 3.8) is 0 Å². The summed E-state index contributed by atoms with van der Waals surface area (Å²) < 4.78 is 0.